The Labute approximate surface area is 150 Å². The quantitative estimate of drug-likeness (QED) is 0.610. The largest absolute Gasteiger partial charge is 0.497 e. The Kier molecular flexibility index (Phi) is 4.76. The minimum Gasteiger partial charge on any atom is -0.497 e. The summed E-state index contributed by atoms with van der Waals surface area (Å²) in [6, 6.07) is 7.40. The molecule has 1 unspecified atom stereocenters. The first kappa shape index (κ1) is 17.0. The number of carbonyl (C=O) groups excluding carboxylic acids is 2. The maximum atomic E-state index is 12.8. The molecule has 1 atom stereocenters. The van der Waals surface area contributed by atoms with E-state index < -0.39 is 11.9 Å². The molecule has 0 bridgehead atoms. The van der Waals surface area contributed by atoms with Crippen LogP contribution in [0.4, 0.5) is 0 Å². The van der Waals surface area contributed by atoms with Gasteiger partial charge in [-0.25, -0.2) is 9.79 Å². The summed E-state index contributed by atoms with van der Waals surface area (Å²) in [5, 5.41) is 0.183. The van der Waals surface area contributed by atoms with E-state index in [0.29, 0.717) is 17.8 Å². The lowest BCUT2D eigenvalue weighted by Gasteiger charge is -2.30. The Balaban J connectivity index is 1.83. The standard InChI is InChI=1S/C18H16N2O4S/c1-23-13-6-3-11(4-7-13)10-20-16(21)14-8-5-12(17(22)24-2)9-15(14)19-18(20)25/h3-9,14H,10H2,1-2H3. The first-order valence-electron chi connectivity index (χ1n) is 7.58. The third-order valence-corrected chi connectivity index (χ3v) is 4.31. The number of amides is 1. The number of hydrogen-bond acceptors (Lipinski definition) is 5. The van der Waals surface area contributed by atoms with Gasteiger partial charge >= 0.3 is 5.97 Å². The Bertz CT molecular complexity index is 824. The molecule has 1 aromatic carbocycles. The van der Waals surface area contributed by atoms with Gasteiger partial charge < -0.3 is 9.47 Å². The molecule has 3 rings (SSSR count). The predicted molar refractivity (Wildman–Crippen MR) is 96.3 cm³/mol. The van der Waals surface area contributed by atoms with Crippen LogP contribution in [-0.4, -0.2) is 41.8 Å². The van der Waals surface area contributed by atoms with E-state index in [-0.39, 0.29) is 11.0 Å². The number of hydrogen-bond donors (Lipinski definition) is 0. The topological polar surface area (TPSA) is 68.2 Å². The Hall–Kier alpha value is -2.80. The molecule has 1 heterocycles. The molecule has 1 aliphatic heterocycles. The normalized spacial score (nSPS) is 19.1. The van der Waals surface area contributed by atoms with Gasteiger partial charge in [-0.15, -0.1) is 0 Å². The fourth-order valence-corrected chi connectivity index (χ4v) is 2.90. The number of allylic oxidation sites excluding steroid dienone is 1. The van der Waals surface area contributed by atoms with Gasteiger partial charge in [-0.3, -0.25) is 9.69 Å². The second-order valence-corrected chi connectivity index (χ2v) is 5.88. The van der Waals surface area contributed by atoms with Gasteiger partial charge in [0, 0.05) is 0 Å². The summed E-state index contributed by atoms with van der Waals surface area (Å²) < 4.78 is 9.82. The van der Waals surface area contributed by atoms with Crippen molar-refractivity contribution in [2.45, 2.75) is 6.54 Å². The molecule has 0 saturated carbocycles. The molecule has 0 N–H and O–H groups in total. The smallest absolute Gasteiger partial charge is 0.337 e. The van der Waals surface area contributed by atoms with Crippen LogP contribution in [-0.2, 0) is 20.9 Å². The summed E-state index contributed by atoms with van der Waals surface area (Å²) in [7, 11) is 2.90. The molecule has 7 heteroatoms. The van der Waals surface area contributed by atoms with Crippen molar-refractivity contribution < 1.29 is 19.1 Å². The number of rotatable bonds is 4. The lowest BCUT2D eigenvalue weighted by Crippen LogP contribution is -2.45. The molecule has 0 aromatic heterocycles. The molecule has 0 saturated heterocycles. The Morgan fingerprint density at radius 3 is 2.64 bits per heavy atom. The summed E-state index contributed by atoms with van der Waals surface area (Å²) in [6.45, 7) is 0.330. The second kappa shape index (κ2) is 6.98. The third kappa shape index (κ3) is 3.36. The molecular formula is C18H16N2O4S. The lowest BCUT2D eigenvalue weighted by molar-refractivity contribution is -0.135. The van der Waals surface area contributed by atoms with E-state index in [9.17, 15) is 9.59 Å². The zero-order chi connectivity index (χ0) is 18.0. The number of nitrogens with zero attached hydrogens (tertiary/aromatic N) is 2. The summed E-state index contributed by atoms with van der Waals surface area (Å²) in [4.78, 5) is 30.2. The van der Waals surface area contributed by atoms with Crippen molar-refractivity contribution in [2.75, 3.05) is 14.2 Å². The van der Waals surface area contributed by atoms with E-state index in [1.807, 2.05) is 24.3 Å². The number of methoxy groups -OCH3 is 2. The van der Waals surface area contributed by atoms with E-state index in [4.69, 9.17) is 21.7 Å². The van der Waals surface area contributed by atoms with Crippen molar-refractivity contribution >= 4 is 34.9 Å². The van der Waals surface area contributed by atoms with E-state index in [0.717, 1.165) is 11.3 Å². The first-order chi connectivity index (χ1) is 12.0. The first-order valence-corrected chi connectivity index (χ1v) is 7.99. The monoisotopic (exact) mass is 356 g/mol. The van der Waals surface area contributed by atoms with Crippen LogP contribution in [0.5, 0.6) is 5.75 Å². The molecule has 1 aliphatic carbocycles. The number of aliphatic imine (C=N–C) groups is 1. The average molecular weight is 356 g/mol. The van der Waals surface area contributed by atoms with Gasteiger partial charge in [0.05, 0.1) is 38.0 Å². The third-order valence-electron chi connectivity index (χ3n) is 4.00. The minimum atomic E-state index is -0.543. The van der Waals surface area contributed by atoms with Crippen LogP contribution >= 0.6 is 12.2 Å². The molecule has 25 heavy (non-hydrogen) atoms. The summed E-state index contributed by atoms with van der Waals surface area (Å²) in [5.41, 5.74) is 1.72. The SMILES string of the molecule is COC(=O)C1=CC2=NC(=S)N(Cc3ccc(OC)cc3)C(=O)C2C=C1. The summed E-state index contributed by atoms with van der Waals surface area (Å²) in [5.74, 6) is -0.440. The summed E-state index contributed by atoms with van der Waals surface area (Å²) >= 11 is 5.28. The van der Waals surface area contributed by atoms with Crippen molar-refractivity contribution in [2.24, 2.45) is 10.9 Å². The van der Waals surface area contributed by atoms with Crippen LogP contribution in [0.2, 0.25) is 0 Å². The van der Waals surface area contributed by atoms with Crippen molar-refractivity contribution in [1.29, 1.82) is 0 Å². The molecule has 0 spiro atoms. The highest BCUT2D eigenvalue weighted by molar-refractivity contribution is 7.80. The number of ether oxygens (including phenoxy) is 2. The number of esters is 1. The highest BCUT2D eigenvalue weighted by Gasteiger charge is 2.35. The van der Waals surface area contributed by atoms with E-state index >= 15 is 0 Å². The molecule has 128 valence electrons. The molecular weight excluding hydrogens is 340 g/mol. The zero-order valence-corrected chi connectivity index (χ0v) is 14.6. The average Bonchev–Trinajstić information content (AvgIpc) is 2.64. The zero-order valence-electron chi connectivity index (χ0n) is 13.8. The maximum absolute atomic E-state index is 12.8. The van der Waals surface area contributed by atoms with Crippen LogP contribution < -0.4 is 4.74 Å². The fourth-order valence-electron chi connectivity index (χ4n) is 2.64. The van der Waals surface area contributed by atoms with Crippen molar-refractivity contribution in [3.63, 3.8) is 0 Å². The number of thiocarbonyl (C=S) groups is 1. The van der Waals surface area contributed by atoms with Crippen molar-refractivity contribution in [1.82, 2.24) is 4.90 Å². The van der Waals surface area contributed by atoms with Crippen LogP contribution in [0.15, 0.2) is 53.1 Å². The van der Waals surface area contributed by atoms with E-state index in [1.54, 1.807) is 25.3 Å². The van der Waals surface area contributed by atoms with Gasteiger partial charge in [-0.1, -0.05) is 24.3 Å². The van der Waals surface area contributed by atoms with Crippen LogP contribution in [0, 0.1) is 5.92 Å². The van der Waals surface area contributed by atoms with Crippen molar-refractivity contribution in [3.8, 4) is 5.75 Å². The van der Waals surface area contributed by atoms with Gasteiger partial charge in [0.15, 0.2) is 0 Å². The highest BCUT2D eigenvalue weighted by atomic mass is 32.1. The van der Waals surface area contributed by atoms with Gasteiger partial charge in [0.2, 0.25) is 11.0 Å². The van der Waals surface area contributed by atoms with Crippen LogP contribution in [0.1, 0.15) is 5.56 Å². The Morgan fingerprint density at radius 2 is 2.00 bits per heavy atom. The molecule has 6 nitrogen and oxygen atoms in total. The number of carbonyl (C=O) groups is 2. The minimum absolute atomic E-state index is 0.165. The fraction of sp³-hybridized carbons (Fsp3) is 0.222. The number of fused-ring (bicyclic) bond motifs is 1. The predicted octanol–water partition coefficient (Wildman–Crippen LogP) is 2.05. The maximum Gasteiger partial charge on any atom is 0.337 e. The lowest BCUT2D eigenvalue weighted by atomic mass is 9.92. The van der Waals surface area contributed by atoms with Crippen molar-refractivity contribution in [3.05, 3.63) is 53.6 Å². The molecule has 0 radical (unpaired) electrons. The van der Waals surface area contributed by atoms with Gasteiger partial charge in [0.1, 0.15) is 5.75 Å². The summed E-state index contributed by atoms with van der Waals surface area (Å²) in [6.07, 6.45) is 4.77. The van der Waals surface area contributed by atoms with Gasteiger partial charge in [0.25, 0.3) is 0 Å². The molecule has 2 aliphatic rings. The Morgan fingerprint density at radius 1 is 1.28 bits per heavy atom. The van der Waals surface area contributed by atoms with E-state index in [1.165, 1.54) is 12.0 Å². The number of benzene rings is 1. The second-order valence-electron chi connectivity index (χ2n) is 5.52. The molecule has 0 fully saturated rings. The van der Waals surface area contributed by atoms with Crippen LogP contribution in [0.3, 0.4) is 0 Å². The highest BCUT2D eigenvalue weighted by Crippen LogP contribution is 2.24. The van der Waals surface area contributed by atoms with Crippen LogP contribution in [0.25, 0.3) is 0 Å². The molecule has 1 aromatic rings. The van der Waals surface area contributed by atoms with E-state index in [2.05, 4.69) is 4.99 Å². The molecule has 1 amide bonds. The van der Waals surface area contributed by atoms with Gasteiger partial charge in [-0.05, 0) is 36.0 Å². The van der Waals surface area contributed by atoms with Gasteiger partial charge in [-0.2, -0.15) is 0 Å².